The second kappa shape index (κ2) is 5.67. The van der Waals surface area contributed by atoms with Crippen LogP contribution in [-0.2, 0) is 14.8 Å². The molecule has 104 valence electrons. The summed E-state index contributed by atoms with van der Waals surface area (Å²) in [4.78, 5) is 13.8. The molecule has 2 atom stereocenters. The topological polar surface area (TPSA) is 66.5 Å². The number of Topliss-reactive ketones (excluding diaryl/α,β-unsaturated/α-hetero) is 1. The molecule has 0 amide bonds. The Morgan fingerprint density at radius 2 is 1.89 bits per heavy atom. The zero-order valence-corrected chi connectivity index (χ0v) is 11.7. The highest BCUT2D eigenvalue weighted by Gasteiger charge is 2.37. The van der Waals surface area contributed by atoms with Gasteiger partial charge in [0, 0.05) is 38.0 Å². The Hall–Kier alpha value is -0.460. The van der Waals surface area contributed by atoms with Crippen LogP contribution in [0.1, 0.15) is 39.0 Å². The maximum Gasteiger partial charge on any atom is 0.212 e. The lowest BCUT2D eigenvalue weighted by molar-refractivity contribution is -0.126. The van der Waals surface area contributed by atoms with Crippen LogP contribution in [0.5, 0.6) is 0 Å². The van der Waals surface area contributed by atoms with Crippen molar-refractivity contribution in [2.45, 2.75) is 51.1 Å². The third-order valence-electron chi connectivity index (χ3n) is 3.92. The summed E-state index contributed by atoms with van der Waals surface area (Å²) in [7, 11) is -3.15. The Morgan fingerprint density at radius 1 is 1.28 bits per heavy atom. The van der Waals surface area contributed by atoms with Crippen LogP contribution >= 0.6 is 0 Å². The number of fused-ring (bicyclic) bond motifs is 2. The molecule has 2 aliphatic heterocycles. The lowest BCUT2D eigenvalue weighted by Crippen LogP contribution is -2.54. The van der Waals surface area contributed by atoms with Gasteiger partial charge in [-0.25, -0.2) is 13.1 Å². The van der Waals surface area contributed by atoms with Crippen LogP contribution in [0.3, 0.4) is 0 Å². The second-order valence-electron chi connectivity index (χ2n) is 5.24. The van der Waals surface area contributed by atoms with Crippen LogP contribution < -0.4 is 4.72 Å². The molecular formula is C12H22N2O3S. The van der Waals surface area contributed by atoms with Crippen LogP contribution in [0.25, 0.3) is 0 Å². The van der Waals surface area contributed by atoms with Crippen molar-refractivity contribution in [2.24, 2.45) is 0 Å². The molecule has 0 aromatic carbocycles. The van der Waals surface area contributed by atoms with Crippen molar-refractivity contribution in [3.8, 4) is 0 Å². The van der Waals surface area contributed by atoms with Gasteiger partial charge in [-0.2, -0.15) is 0 Å². The molecular weight excluding hydrogens is 252 g/mol. The first kappa shape index (κ1) is 14.0. The van der Waals surface area contributed by atoms with E-state index in [9.17, 15) is 13.2 Å². The van der Waals surface area contributed by atoms with Crippen LogP contribution in [0, 0.1) is 0 Å². The maximum absolute atomic E-state index is 11.7. The largest absolute Gasteiger partial charge is 0.300 e. The average Bonchev–Trinajstić information content (AvgIpc) is 2.26. The van der Waals surface area contributed by atoms with Gasteiger partial charge in [-0.3, -0.25) is 9.69 Å². The molecule has 1 N–H and O–H groups in total. The summed E-state index contributed by atoms with van der Waals surface area (Å²) in [6.07, 6.45) is 4.45. The minimum Gasteiger partial charge on any atom is -0.300 e. The number of nitrogens with one attached hydrogen (secondary N) is 1. The number of hydrogen-bond donors (Lipinski definition) is 1. The van der Waals surface area contributed by atoms with Crippen molar-refractivity contribution >= 4 is 15.8 Å². The standard InChI is InChI=1S/C12H22N2O3S/c1-2-13-18(16,17)7-6-14-10-4-3-5-11(14)9-12(15)8-10/h10-11,13H,2-9H2,1H3. The zero-order valence-electron chi connectivity index (χ0n) is 10.9. The molecule has 0 spiro atoms. The smallest absolute Gasteiger partial charge is 0.212 e. The van der Waals surface area contributed by atoms with E-state index in [0.29, 0.717) is 31.7 Å². The molecule has 2 bridgehead atoms. The normalized spacial score (nSPS) is 29.5. The van der Waals surface area contributed by atoms with Gasteiger partial charge in [0.15, 0.2) is 0 Å². The number of carbonyl (C=O) groups excluding carboxylic acids is 1. The van der Waals surface area contributed by atoms with Crippen LogP contribution in [0.2, 0.25) is 0 Å². The molecule has 0 radical (unpaired) electrons. The second-order valence-corrected chi connectivity index (χ2v) is 7.17. The lowest BCUT2D eigenvalue weighted by atomic mass is 9.84. The van der Waals surface area contributed by atoms with E-state index in [4.69, 9.17) is 0 Å². The first-order chi connectivity index (χ1) is 8.52. The number of ketones is 1. The molecule has 2 rings (SSSR count). The summed E-state index contributed by atoms with van der Waals surface area (Å²) >= 11 is 0. The number of rotatable bonds is 5. The van der Waals surface area contributed by atoms with E-state index in [2.05, 4.69) is 9.62 Å². The van der Waals surface area contributed by atoms with Crippen LogP contribution in [0.15, 0.2) is 0 Å². The van der Waals surface area contributed by atoms with E-state index in [1.54, 1.807) is 6.92 Å². The van der Waals surface area contributed by atoms with Crippen LogP contribution in [-0.4, -0.2) is 50.0 Å². The Bertz CT molecular complexity index is 392. The fourth-order valence-electron chi connectivity index (χ4n) is 3.15. The van der Waals surface area contributed by atoms with Gasteiger partial charge in [-0.15, -0.1) is 0 Å². The molecule has 0 aromatic heterocycles. The highest BCUT2D eigenvalue weighted by atomic mass is 32.2. The van der Waals surface area contributed by atoms with Crippen molar-refractivity contribution in [3.63, 3.8) is 0 Å². The van der Waals surface area contributed by atoms with Crippen molar-refractivity contribution < 1.29 is 13.2 Å². The quantitative estimate of drug-likeness (QED) is 0.793. The van der Waals surface area contributed by atoms with Gasteiger partial charge in [0.25, 0.3) is 0 Å². The summed E-state index contributed by atoms with van der Waals surface area (Å²) in [5.41, 5.74) is 0. The number of piperidine rings is 2. The zero-order chi connectivity index (χ0) is 13.2. The SMILES string of the molecule is CCNS(=O)(=O)CCN1C2CCCC1CC(=O)C2. The summed E-state index contributed by atoms with van der Waals surface area (Å²) in [6.45, 7) is 2.78. The molecule has 2 saturated heterocycles. The minimum absolute atomic E-state index is 0.141. The van der Waals surface area contributed by atoms with Gasteiger partial charge >= 0.3 is 0 Å². The lowest BCUT2D eigenvalue weighted by Gasteiger charge is -2.45. The highest BCUT2D eigenvalue weighted by molar-refractivity contribution is 7.89. The molecule has 2 heterocycles. The molecule has 5 nitrogen and oxygen atoms in total. The number of hydrogen-bond acceptors (Lipinski definition) is 4. The third-order valence-corrected chi connectivity index (χ3v) is 5.37. The fraction of sp³-hybridized carbons (Fsp3) is 0.917. The van der Waals surface area contributed by atoms with E-state index in [-0.39, 0.29) is 17.8 Å². The van der Waals surface area contributed by atoms with Gasteiger partial charge in [0.05, 0.1) is 5.75 Å². The highest BCUT2D eigenvalue weighted by Crippen LogP contribution is 2.31. The summed E-state index contributed by atoms with van der Waals surface area (Å²) in [5.74, 6) is 0.484. The fourth-order valence-corrected chi connectivity index (χ4v) is 4.18. The Kier molecular flexibility index (Phi) is 4.40. The Morgan fingerprint density at radius 3 is 2.44 bits per heavy atom. The minimum atomic E-state index is -3.15. The van der Waals surface area contributed by atoms with Gasteiger partial charge in [0.2, 0.25) is 10.0 Å². The summed E-state index contributed by atoms with van der Waals surface area (Å²) in [5, 5.41) is 0. The van der Waals surface area contributed by atoms with Gasteiger partial charge in [-0.1, -0.05) is 13.3 Å². The van der Waals surface area contributed by atoms with Crippen molar-refractivity contribution in [3.05, 3.63) is 0 Å². The Balaban J connectivity index is 1.95. The van der Waals surface area contributed by atoms with E-state index < -0.39 is 10.0 Å². The van der Waals surface area contributed by atoms with Gasteiger partial charge < -0.3 is 0 Å². The number of nitrogens with zero attached hydrogens (tertiary/aromatic N) is 1. The Labute approximate surface area is 109 Å². The van der Waals surface area contributed by atoms with Crippen LogP contribution in [0.4, 0.5) is 0 Å². The first-order valence-corrected chi connectivity index (χ1v) is 8.42. The van der Waals surface area contributed by atoms with Crippen molar-refractivity contribution in [1.82, 2.24) is 9.62 Å². The molecule has 2 aliphatic rings. The van der Waals surface area contributed by atoms with E-state index in [1.807, 2.05) is 0 Å². The first-order valence-electron chi connectivity index (χ1n) is 6.76. The average molecular weight is 274 g/mol. The molecule has 2 fully saturated rings. The molecule has 6 heteroatoms. The predicted octanol–water partition coefficient (Wildman–Crippen LogP) is 0.512. The number of carbonyl (C=O) groups is 1. The maximum atomic E-state index is 11.7. The van der Waals surface area contributed by atoms with E-state index in [0.717, 1.165) is 12.8 Å². The summed E-state index contributed by atoms with van der Waals surface area (Å²) < 4.78 is 25.8. The summed E-state index contributed by atoms with van der Waals surface area (Å²) in [6, 6.07) is 0.559. The third kappa shape index (κ3) is 3.30. The monoisotopic (exact) mass is 274 g/mol. The molecule has 2 unspecified atom stereocenters. The molecule has 18 heavy (non-hydrogen) atoms. The van der Waals surface area contributed by atoms with E-state index in [1.165, 1.54) is 6.42 Å². The van der Waals surface area contributed by atoms with Gasteiger partial charge in [0.1, 0.15) is 5.78 Å². The van der Waals surface area contributed by atoms with Gasteiger partial charge in [-0.05, 0) is 12.8 Å². The molecule has 0 aliphatic carbocycles. The van der Waals surface area contributed by atoms with Crippen molar-refractivity contribution in [1.29, 1.82) is 0 Å². The molecule has 0 aromatic rings. The predicted molar refractivity (Wildman–Crippen MR) is 69.8 cm³/mol. The van der Waals surface area contributed by atoms with E-state index >= 15 is 0 Å². The van der Waals surface area contributed by atoms with Crippen molar-refractivity contribution in [2.75, 3.05) is 18.8 Å². The number of sulfonamides is 1. The molecule has 0 saturated carbocycles.